The van der Waals surface area contributed by atoms with Crippen LogP contribution in [0.2, 0.25) is 0 Å². The van der Waals surface area contributed by atoms with Crippen molar-refractivity contribution in [2.45, 2.75) is 38.5 Å². The number of rotatable bonds is 7. The first-order valence-corrected chi connectivity index (χ1v) is 7.35. The van der Waals surface area contributed by atoms with Crippen molar-refractivity contribution in [3.05, 3.63) is 54.1 Å². The van der Waals surface area contributed by atoms with Gasteiger partial charge in [0.25, 0.3) is 0 Å². The molecule has 1 aliphatic carbocycles. The summed E-state index contributed by atoms with van der Waals surface area (Å²) >= 11 is 0. The van der Waals surface area contributed by atoms with Crippen molar-refractivity contribution >= 4 is 5.91 Å². The molecule has 0 bridgehead atoms. The van der Waals surface area contributed by atoms with E-state index in [0.717, 1.165) is 17.9 Å². The average molecular weight is 284 g/mol. The molecule has 0 unspecified atom stereocenters. The van der Waals surface area contributed by atoms with Crippen molar-refractivity contribution in [1.82, 2.24) is 20.2 Å². The summed E-state index contributed by atoms with van der Waals surface area (Å²) in [7, 11) is 0. The molecule has 2 aromatic rings. The second kappa shape index (κ2) is 6.54. The standard InChI is InChI=1S/C16H20N4O/c21-16(19-10-13-4-2-1-3-5-13)12-20-9-8-17-15(20)11-18-14-6-7-14/h1-5,8-9,14,18H,6-7,10-12H2,(H,19,21). The fourth-order valence-corrected chi connectivity index (χ4v) is 2.18. The molecule has 110 valence electrons. The molecular formula is C16H20N4O. The molecule has 1 aromatic carbocycles. The number of hydrogen-bond donors (Lipinski definition) is 2. The van der Waals surface area contributed by atoms with Crippen molar-refractivity contribution in [2.75, 3.05) is 0 Å². The summed E-state index contributed by atoms with van der Waals surface area (Å²) in [6, 6.07) is 10.6. The SMILES string of the molecule is O=C(Cn1ccnc1CNC1CC1)NCc1ccccc1. The third kappa shape index (κ3) is 4.16. The van der Waals surface area contributed by atoms with E-state index in [2.05, 4.69) is 15.6 Å². The van der Waals surface area contributed by atoms with E-state index in [0.29, 0.717) is 19.1 Å². The second-order valence-electron chi connectivity index (χ2n) is 5.39. The molecule has 0 saturated heterocycles. The Hall–Kier alpha value is -2.14. The van der Waals surface area contributed by atoms with Gasteiger partial charge in [0.2, 0.25) is 5.91 Å². The summed E-state index contributed by atoms with van der Waals surface area (Å²) in [6.07, 6.45) is 6.09. The number of nitrogens with one attached hydrogen (secondary N) is 2. The number of amides is 1. The largest absolute Gasteiger partial charge is 0.350 e. The summed E-state index contributed by atoms with van der Waals surface area (Å²) < 4.78 is 1.90. The van der Waals surface area contributed by atoms with E-state index in [1.807, 2.05) is 41.1 Å². The molecule has 2 N–H and O–H groups in total. The number of benzene rings is 1. The molecule has 0 spiro atoms. The van der Waals surface area contributed by atoms with E-state index in [1.165, 1.54) is 12.8 Å². The highest BCUT2D eigenvalue weighted by molar-refractivity contribution is 5.75. The van der Waals surface area contributed by atoms with Crippen LogP contribution in [-0.2, 0) is 24.4 Å². The number of hydrogen-bond acceptors (Lipinski definition) is 3. The molecule has 0 radical (unpaired) electrons. The minimum Gasteiger partial charge on any atom is -0.350 e. The van der Waals surface area contributed by atoms with Gasteiger partial charge >= 0.3 is 0 Å². The van der Waals surface area contributed by atoms with Gasteiger partial charge in [-0.05, 0) is 18.4 Å². The third-order valence-electron chi connectivity index (χ3n) is 3.57. The van der Waals surface area contributed by atoms with Crippen LogP contribution in [-0.4, -0.2) is 21.5 Å². The molecule has 0 aliphatic heterocycles. The van der Waals surface area contributed by atoms with E-state index in [1.54, 1.807) is 6.20 Å². The molecule has 5 nitrogen and oxygen atoms in total. The maximum Gasteiger partial charge on any atom is 0.240 e. The van der Waals surface area contributed by atoms with Crippen LogP contribution in [0.4, 0.5) is 0 Å². The van der Waals surface area contributed by atoms with Gasteiger partial charge in [0.15, 0.2) is 0 Å². The predicted molar refractivity (Wildman–Crippen MR) is 80.4 cm³/mol. The lowest BCUT2D eigenvalue weighted by atomic mass is 10.2. The van der Waals surface area contributed by atoms with E-state index in [9.17, 15) is 4.79 Å². The molecule has 3 rings (SSSR count). The monoisotopic (exact) mass is 284 g/mol. The number of carbonyl (C=O) groups excluding carboxylic acids is 1. The quantitative estimate of drug-likeness (QED) is 0.809. The van der Waals surface area contributed by atoms with Crippen molar-refractivity contribution in [3.63, 3.8) is 0 Å². The van der Waals surface area contributed by atoms with Gasteiger partial charge in [-0.2, -0.15) is 0 Å². The molecule has 1 aliphatic rings. The summed E-state index contributed by atoms with van der Waals surface area (Å²) in [4.78, 5) is 16.3. The summed E-state index contributed by atoms with van der Waals surface area (Å²) in [6.45, 7) is 1.60. The van der Waals surface area contributed by atoms with Crippen LogP contribution < -0.4 is 10.6 Å². The Morgan fingerprint density at radius 3 is 2.81 bits per heavy atom. The molecule has 1 aromatic heterocycles. The zero-order valence-electron chi connectivity index (χ0n) is 12.0. The van der Waals surface area contributed by atoms with Crippen molar-refractivity contribution < 1.29 is 4.79 Å². The Labute approximate surface area is 124 Å². The second-order valence-corrected chi connectivity index (χ2v) is 5.39. The molecular weight excluding hydrogens is 264 g/mol. The lowest BCUT2D eigenvalue weighted by molar-refractivity contribution is -0.121. The minimum atomic E-state index is 0.00419. The molecule has 0 atom stereocenters. The Kier molecular flexibility index (Phi) is 4.31. The van der Waals surface area contributed by atoms with E-state index in [4.69, 9.17) is 0 Å². The van der Waals surface area contributed by atoms with Crippen LogP contribution in [0, 0.1) is 0 Å². The van der Waals surface area contributed by atoms with Crippen molar-refractivity contribution in [1.29, 1.82) is 0 Å². The average Bonchev–Trinajstić information content (AvgIpc) is 3.24. The van der Waals surface area contributed by atoms with Gasteiger partial charge in [-0.25, -0.2) is 4.98 Å². The first-order chi connectivity index (χ1) is 10.3. The van der Waals surface area contributed by atoms with Crippen LogP contribution >= 0.6 is 0 Å². The minimum absolute atomic E-state index is 0.00419. The molecule has 5 heteroatoms. The first kappa shape index (κ1) is 13.8. The first-order valence-electron chi connectivity index (χ1n) is 7.35. The summed E-state index contributed by atoms with van der Waals surface area (Å²) in [5.41, 5.74) is 1.10. The zero-order valence-corrected chi connectivity index (χ0v) is 12.0. The lowest BCUT2D eigenvalue weighted by Crippen LogP contribution is -2.28. The Morgan fingerprint density at radius 1 is 1.24 bits per heavy atom. The maximum atomic E-state index is 12.0. The topological polar surface area (TPSA) is 59.0 Å². The van der Waals surface area contributed by atoms with Gasteiger partial charge < -0.3 is 15.2 Å². The van der Waals surface area contributed by atoms with Crippen LogP contribution in [0.5, 0.6) is 0 Å². The van der Waals surface area contributed by atoms with E-state index in [-0.39, 0.29) is 5.91 Å². The normalized spacial score (nSPS) is 14.1. The van der Waals surface area contributed by atoms with Gasteiger partial charge in [-0.15, -0.1) is 0 Å². The highest BCUT2D eigenvalue weighted by Crippen LogP contribution is 2.19. The van der Waals surface area contributed by atoms with Crippen LogP contribution in [0.15, 0.2) is 42.7 Å². The molecule has 21 heavy (non-hydrogen) atoms. The predicted octanol–water partition coefficient (Wildman–Crippen LogP) is 1.45. The van der Waals surface area contributed by atoms with Gasteiger partial charge in [0, 0.05) is 25.0 Å². The third-order valence-corrected chi connectivity index (χ3v) is 3.57. The highest BCUT2D eigenvalue weighted by atomic mass is 16.1. The van der Waals surface area contributed by atoms with Crippen LogP contribution in [0.3, 0.4) is 0 Å². The van der Waals surface area contributed by atoms with Gasteiger partial charge in [0.1, 0.15) is 12.4 Å². The summed E-state index contributed by atoms with van der Waals surface area (Å²) in [5, 5.41) is 6.35. The lowest BCUT2D eigenvalue weighted by Gasteiger charge is -2.09. The smallest absolute Gasteiger partial charge is 0.240 e. The van der Waals surface area contributed by atoms with Crippen molar-refractivity contribution in [2.24, 2.45) is 0 Å². The Balaban J connectivity index is 1.48. The molecule has 1 fully saturated rings. The number of nitrogens with zero attached hydrogens (tertiary/aromatic N) is 2. The van der Waals surface area contributed by atoms with Crippen LogP contribution in [0.25, 0.3) is 0 Å². The highest BCUT2D eigenvalue weighted by Gasteiger charge is 2.20. The fraction of sp³-hybridized carbons (Fsp3) is 0.375. The number of imidazole rings is 1. The van der Waals surface area contributed by atoms with Gasteiger partial charge in [-0.3, -0.25) is 4.79 Å². The fourth-order valence-electron chi connectivity index (χ4n) is 2.18. The zero-order chi connectivity index (χ0) is 14.5. The Morgan fingerprint density at radius 2 is 2.05 bits per heavy atom. The van der Waals surface area contributed by atoms with E-state index < -0.39 is 0 Å². The van der Waals surface area contributed by atoms with E-state index >= 15 is 0 Å². The maximum absolute atomic E-state index is 12.0. The Bertz CT molecular complexity index is 589. The number of aromatic nitrogens is 2. The molecule has 1 heterocycles. The number of carbonyl (C=O) groups is 1. The molecule has 1 saturated carbocycles. The molecule has 1 amide bonds. The summed E-state index contributed by atoms with van der Waals surface area (Å²) in [5.74, 6) is 0.918. The van der Waals surface area contributed by atoms with Crippen LogP contribution in [0.1, 0.15) is 24.2 Å². The van der Waals surface area contributed by atoms with Crippen molar-refractivity contribution in [3.8, 4) is 0 Å². The van der Waals surface area contributed by atoms with Gasteiger partial charge in [0.05, 0.1) is 6.54 Å². The van der Waals surface area contributed by atoms with Gasteiger partial charge in [-0.1, -0.05) is 30.3 Å².